The number of ether oxygens (including phenoxy) is 3. The largest absolute Gasteiger partial charge is 0.444 e. The minimum atomic E-state index is -0.487. The van der Waals surface area contributed by atoms with E-state index in [1.54, 1.807) is 4.90 Å². The Morgan fingerprint density at radius 3 is 2.64 bits per heavy atom. The van der Waals surface area contributed by atoms with Gasteiger partial charge in [0.25, 0.3) is 0 Å². The lowest BCUT2D eigenvalue weighted by Crippen LogP contribution is -2.44. The van der Waals surface area contributed by atoms with Crippen LogP contribution in [0.1, 0.15) is 53.9 Å². The SMILES string of the molecule is CCCN(CCNC(=NCCCOC1CCOC1)NCC)C(=O)OC(C)(C)C. The molecule has 0 spiro atoms. The number of amides is 1. The van der Waals surface area contributed by atoms with Gasteiger partial charge >= 0.3 is 6.09 Å². The number of carbonyl (C=O) groups excluding carboxylic acids is 1. The summed E-state index contributed by atoms with van der Waals surface area (Å²) in [5.74, 6) is 0.757. The van der Waals surface area contributed by atoms with Crippen LogP contribution in [0.25, 0.3) is 0 Å². The van der Waals surface area contributed by atoms with Crippen molar-refractivity contribution >= 4 is 12.1 Å². The van der Waals surface area contributed by atoms with E-state index in [4.69, 9.17) is 14.2 Å². The van der Waals surface area contributed by atoms with Gasteiger partial charge in [0.05, 0.1) is 12.7 Å². The zero-order valence-corrected chi connectivity index (χ0v) is 18.4. The molecule has 1 rings (SSSR count). The number of nitrogens with one attached hydrogen (secondary N) is 2. The van der Waals surface area contributed by atoms with Gasteiger partial charge in [0, 0.05) is 45.9 Å². The maximum absolute atomic E-state index is 12.3. The van der Waals surface area contributed by atoms with Gasteiger partial charge in [0.2, 0.25) is 0 Å². The van der Waals surface area contributed by atoms with E-state index in [0.29, 0.717) is 39.4 Å². The van der Waals surface area contributed by atoms with Crippen molar-refractivity contribution in [2.45, 2.75) is 65.6 Å². The Hall–Kier alpha value is -1.54. The lowest BCUT2D eigenvalue weighted by Gasteiger charge is -2.27. The number of hydrogen-bond acceptors (Lipinski definition) is 5. The highest BCUT2D eigenvalue weighted by Gasteiger charge is 2.21. The summed E-state index contributed by atoms with van der Waals surface area (Å²) in [6, 6.07) is 0. The Morgan fingerprint density at radius 2 is 2.04 bits per heavy atom. The van der Waals surface area contributed by atoms with Crippen molar-refractivity contribution in [2.75, 3.05) is 52.5 Å². The van der Waals surface area contributed by atoms with E-state index in [-0.39, 0.29) is 12.2 Å². The number of rotatable bonds is 11. The summed E-state index contributed by atoms with van der Waals surface area (Å²) in [7, 11) is 0. The van der Waals surface area contributed by atoms with Crippen LogP contribution in [0.15, 0.2) is 4.99 Å². The van der Waals surface area contributed by atoms with Gasteiger partial charge in [-0.05, 0) is 47.0 Å². The summed E-state index contributed by atoms with van der Waals surface area (Å²) in [4.78, 5) is 18.6. The molecule has 1 fully saturated rings. The minimum absolute atomic E-state index is 0.243. The average Bonchev–Trinajstić information content (AvgIpc) is 3.12. The van der Waals surface area contributed by atoms with E-state index in [2.05, 4.69) is 22.5 Å². The molecule has 164 valence electrons. The van der Waals surface area contributed by atoms with Crippen molar-refractivity contribution in [3.63, 3.8) is 0 Å². The molecule has 1 aliphatic heterocycles. The van der Waals surface area contributed by atoms with Crippen LogP contribution in [-0.4, -0.2) is 81.2 Å². The van der Waals surface area contributed by atoms with Gasteiger partial charge in [-0.2, -0.15) is 0 Å². The van der Waals surface area contributed by atoms with Gasteiger partial charge in [-0.1, -0.05) is 6.92 Å². The summed E-state index contributed by atoms with van der Waals surface area (Å²) in [6.45, 7) is 15.3. The molecule has 8 heteroatoms. The van der Waals surface area contributed by atoms with Crippen LogP contribution in [0, 0.1) is 0 Å². The Balaban J connectivity index is 2.34. The lowest BCUT2D eigenvalue weighted by molar-refractivity contribution is 0.0253. The molecule has 1 unspecified atom stereocenters. The third-order valence-electron chi connectivity index (χ3n) is 3.98. The molecule has 1 aliphatic rings. The van der Waals surface area contributed by atoms with E-state index in [0.717, 1.165) is 38.4 Å². The smallest absolute Gasteiger partial charge is 0.410 e. The van der Waals surface area contributed by atoms with Gasteiger partial charge in [-0.15, -0.1) is 0 Å². The first-order chi connectivity index (χ1) is 13.4. The highest BCUT2D eigenvalue weighted by atomic mass is 16.6. The van der Waals surface area contributed by atoms with E-state index in [1.807, 2.05) is 27.7 Å². The molecule has 28 heavy (non-hydrogen) atoms. The first-order valence-corrected chi connectivity index (χ1v) is 10.5. The third-order valence-corrected chi connectivity index (χ3v) is 3.98. The molecule has 0 aromatic heterocycles. The standard InChI is InChI=1S/C20H40N4O4/c1-6-12-24(19(25)28-20(3,4)5)13-11-23-18(21-7-2)22-10-8-14-27-17-9-15-26-16-17/h17H,6-16H2,1-5H3,(H2,21,22,23). The first kappa shape index (κ1) is 24.5. The summed E-state index contributed by atoms with van der Waals surface area (Å²) in [6.07, 6.45) is 2.71. The molecule has 1 saturated heterocycles. The molecule has 8 nitrogen and oxygen atoms in total. The Labute approximate surface area is 170 Å². The van der Waals surface area contributed by atoms with Gasteiger partial charge in [0.15, 0.2) is 5.96 Å². The van der Waals surface area contributed by atoms with Crippen molar-refractivity contribution in [2.24, 2.45) is 4.99 Å². The highest BCUT2D eigenvalue weighted by Crippen LogP contribution is 2.10. The van der Waals surface area contributed by atoms with Gasteiger partial charge in [0.1, 0.15) is 5.60 Å². The van der Waals surface area contributed by atoms with E-state index < -0.39 is 5.60 Å². The van der Waals surface area contributed by atoms with Crippen LogP contribution in [0.5, 0.6) is 0 Å². The molecular formula is C20H40N4O4. The first-order valence-electron chi connectivity index (χ1n) is 10.5. The molecule has 0 aliphatic carbocycles. The molecular weight excluding hydrogens is 360 g/mol. The quantitative estimate of drug-likeness (QED) is 0.315. The van der Waals surface area contributed by atoms with E-state index in [1.165, 1.54) is 0 Å². The Bertz CT molecular complexity index is 460. The zero-order valence-electron chi connectivity index (χ0n) is 18.4. The topological polar surface area (TPSA) is 84.4 Å². The second kappa shape index (κ2) is 13.6. The van der Waals surface area contributed by atoms with Crippen LogP contribution in [0.2, 0.25) is 0 Å². The number of guanidine groups is 1. The summed E-state index contributed by atoms with van der Waals surface area (Å²) in [5, 5.41) is 6.52. The van der Waals surface area contributed by atoms with Crippen molar-refractivity contribution in [3.05, 3.63) is 0 Å². The van der Waals surface area contributed by atoms with Crippen LogP contribution < -0.4 is 10.6 Å². The van der Waals surface area contributed by atoms with Crippen molar-refractivity contribution in [1.82, 2.24) is 15.5 Å². The average molecular weight is 401 g/mol. The van der Waals surface area contributed by atoms with Crippen molar-refractivity contribution in [1.29, 1.82) is 0 Å². The number of aliphatic imine (C=N–C) groups is 1. The Kier molecular flexibility index (Phi) is 11.9. The molecule has 1 heterocycles. The van der Waals surface area contributed by atoms with E-state index >= 15 is 0 Å². The number of carbonyl (C=O) groups is 1. The van der Waals surface area contributed by atoms with Crippen LogP contribution in [-0.2, 0) is 14.2 Å². The van der Waals surface area contributed by atoms with Gasteiger partial charge in [-0.3, -0.25) is 4.99 Å². The summed E-state index contributed by atoms with van der Waals surface area (Å²) >= 11 is 0. The van der Waals surface area contributed by atoms with E-state index in [9.17, 15) is 4.79 Å². The zero-order chi connectivity index (χ0) is 20.8. The fraction of sp³-hybridized carbons (Fsp3) is 0.900. The maximum Gasteiger partial charge on any atom is 0.410 e. The van der Waals surface area contributed by atoms with Crippen LogP contribution >= 0.6 is 0 Å². The van der Waals surface area contributed by atoms with Gasteiger partial charge in [-0.25, -0.2) is 4.79 Å². The monoisotopic (exact) mass is 400 g/mol. The number of nitrogens with zero attached hydrogens (tertiary/aromatic N) is 2. The fourth-order valence-electron chi connectivity index (χ4n) is 2.69. The third kappa shape index (κ3) is 11.3. The molecule has 1 atom stereocenters. The van der Waals surface area contributed by atoms with Crippen molar-refractivity contribution < 1.29 is 19.0 Å². The maximum atomic E-state index is 12.3. The molecule has 2 N–H and O–H groups in total. The highest BCUT2D eigenvalue weighted by molar-refractivity contribution is 5.79. The fourth-order valence-corrected chi connectivity index (χ4v) is 2.69. The second-order valence-corrected chi connectivity index (χ2v) is 7.86. The van der Waals surface area contributed by atoms with Crippen LogP contribution in [0.4, 0.5) is 4.79 Å². The summed E-state index contributed by atoms with van der Waals surface area (Å²) in [5.41, 5.74) is -0.487. The minimum Gasteiger partial charge on any atom is -0.444 e. The Morgan fingerprint density at radius 1 is 1.25 bits per heavy atom. The molecule has 0 aromatic rings. The second-order valence-electron chi connectivity index (χ2n) is 7.86. The molecule has 0 saturated carbocycles. The molecule has 0 aromatic carbocycles. The van der Waals surface area contributed by atoms with Crippen LogP contribution in [0.3, 0.4) is 0 Å². The number of hydrogen-bond donors (Lipinski definition) is 2. The summed E-state index contributed by atoms with van der Waals surface area (Å²) < 4.78 is 16.5. The molecule has 1 amide bonds. The van der Waals surface area contributed by atoms with Crippen molar-refractivity contribution in [3.8, 4) is 0 Å². The lowest BCUT2D eigenvalue weighted by atomic mass is 10.2. The normalized spacial score (nSPS) is 17.5. The molecule has 0 radical (unpaired) electrons. The molecule has 0 bridgehead atoms. The van der Waals surface area contributed by atoms with Gasteiger partial charge < -0.3 is 29.7 Å². The predicted molar refractivity (Wildman–Crippen MR) is 112 cm³/mol. The predicted octanol–water partition coefficient (Wildman–Crippen LogP) is 2.38.